The first kappa shape index (κ1) is 15.4. The minimum Gasteiger partial charge on any atom is -0.316 e. The fourth-order valence-electron chi connectivity index (χ4n) is 1.88. The van der Waals surface area contributed by atoms with Crippen LogP contribution in [0.2, 0.25) is 0 Å². The van der Waals surface area contributed by atoms with Crippen molar-refractivity contribution in [2.45, 2.75) is 11.4 Å². The summed E-state index contributed by atoms with van der Waals surface area (Å²) in [5.41, 5.74) is 0.110. The van der Waals surface area contributed by atoms with Crippen LogP contribution in [-0.4, -0.2) is 15.5 Å². The molecule has 2 rings (SSSR count). The van der Waals surface area contributed by atoms with Crippen LogP contribution in [-0.2, 0) is 16.6 Å². The quantitative estimate of drug-likeness (QED) is 0.892. The Morgan fingerprint density at radius 2 is 1.81 bits per heavy atom. The molecule has 0 heterocycles. The van der Waals surface area contributed by atoms with Gasteiger partial charge in [-0.2, -0.15) is 0 Å². The summed E-state index contributed by atoms with van der Waals surface area (Å²) in [5.74, 6) is -1.57. The zero-order valence-corrected chi connectivity index (χ0v) is 12.0. The van der Waals surface area contributed by atoms with Crippen molar-refractivity contribution in [2.75, 3.05) is 11.8 Å². The van der Waals surface area contributed by atoms with Crippen LogP contribution < -0.4 is 10.0 Å². The maximum Gasteiger partial charge on any atom is 0.262 e. The molecule has 0 saturated heterocycles. The van der Waals surface area contributed by atoms with Crippen LogP contribution in [0.4, 0.5) is 14.5 Å². The molecule has 0 unspecified atom stereocenters. The molecule has 0 bridgehead atoms. The molecule has 0 fully saturated rings. The molecular formula is C14H14F2N2O2S. The van der Waals surface area contributed by atoms with Gasteiger partial charge in [0.25, 0.3) is 10.0 Å². The standard InChI is InChI=1S/C14H14F2N2O2S/c1-17-9-10-4-2-3-5-14(10)21(19,20)18-13-8-11(15)6-7-12(13)16/h2-8,17-18H,9H2,1H3. The Morgan fingerprint density at radius 1 is 1.10 bits per heavy atom. The van der Waals surface area contributed by atoms with Crippen LogP contribution in [0.25, 0.3) is 0 Å². The zero-order valence-electron chi connectivity index (χ0n) is 11.2. The average Bonchev–Trinajstić information content (AvgIpc) is 2.43. The first-order valence-electron chi connectivity index (χ1n) is 6.14. The van der Waals surface area contributed by atoms with Gasteiger partial charge in [0, 0.05) is 12.6 Å². The summed E-state index contributed by atoms with van der Waals surface area (Å²) in [6.45, 7) is 0.336. The molecule has 0 atom stereocenters. The fourth-order valence-corrected chi connectivity index (χ4v) is 3.18. The maximum atomic E-state index is 13.6. The molecule has 0 amide bonds. The Bertz CT molecular complexity index is 748. The molecule has 0 spiro atoms. The lowest BCUT2D eigenvalue weighted by atomic mass is 10.2. The van der Waals surface area contributed by atoms with Crippen molar-refractivity contribution in [1.29, 1.82) is 0 Å². The third kappa shape index (κ3) is 3.56. The normalized spacial score (nSPS) is 11.4. The van der Waals surface area contributed by atoms with E-state index in [0.29, 0.717) is 12.1 Å². The van der Waals surface area contributed by atoms with Gasteiger partial charge in [0.2, 0.25) is 0 Å². The van der Waals surface area contributed by atoms with Gasteiger partial charge in [0.15, 0.2) is 0 Å². The van der Waals surface area contributed by atoms with Crippen molar-refractivity contribution in [2.24, 2.45) is 0 Å². The highest BCUT2D eigenvalue weighted by Gasteiger charge is 2.19. The highest BCUT2D eigenvalue weighted by Crippen LogP contribution is 2.22. The Hall–Kier alpha value is -1.99. The molecular weight excluding hydrogens is 298 g/mol. The zero-order chi connectivity index (χ0) is 15.5. The largest absolute Gasteiger partial charge is 0.316 e. The van der Waals surface area contributed by atoms with Crippen LogP contribution in [0.15, 0.2) is 47.4 Å². The minimum atomic E-state index is -4.00. The van der Waals surface area contributed by atoms with E-state index in [0.717, 1.165) is 18.2 Å². The molecule has 0 aromatic heterocycles. The third-order valence-electron chi connectivity index (χ3n) is 2.80. The molecule has 21 heavy (non-hydrogen) atoms. The second-order valence-electron chi connectivity index (χ2n) is 4.37. The van der Waals surface area contributed by atoms with E-state index >= 15 is 0 Å². The molecule has 2 aromatic rings. The van der Waals surface area contributed by atoms with E-state index < -0.39 is 27.3 Å². The van der Waals surface area contributed by atoms with Crippen LogP contribution in [0.5, 0.6) is 0 Å². The summed E-state index contributed by atoms with van der Waals surface area (Å²) in [5, 5.41) is 2.85. The van der Waals surface area contributed by atoms with Crippen molar-refractivity contribution in [3.05, 3.63) is 59.7 Å². The second-order valence-corrected chi connectivity index (χ2v) is 6.02. The van der Waals surface area contributed by atoms with Crippen molar-refractivity contribution >= 4 is 15.7 Å². The van der Waals surface area contributed by atoms with E-state index in [1.165, 1.54) is 6.07 Å². The van der Waals surface area contributed by atoms with Gasteiger partial charge < -0.3 is 5.32 Å². The lowest BCUT2D eigenvalue weighted by Gasteiger charge is -2.12. The molecule has 0 aliphatic heterocycles. The van der Waals surface area contributed by atoms with Gasteiger partial charge >= 0.3 is 0 Å². The Morgan fingerprint density at radius 3 is 2.52 bits per heavy atom. The van der Waals surface area contributed by atoms with Crippen molar-refractivity contribution in [1.82, 2.24) is 5.32 Å². The van der Waals surface area contributed by atoms with E-state index in [2.05, 4.69) is 10.0 Å². The number of rotatable bonds is 5. The minimum absolute atomic E-state index is 0.0167. The topological polar surface area (TPSA) is 58.2 Å². The average molecular weight is 312 g/mol. The second kappa shape index (κ2) is 6.19. The first-order valence-corrected chi connectivity index (χ1v) is 7.63. The Labute approximate surface area is 121 Å². The van der Waals surface area contributed by atoms with Crippen LogP contribution in [0, 0.1) is 11.6 Å². The fraction of sp³-hybridized carbons (Fsp3) is 0.143. The number of anilines is 1. The van der Waals surface area contributed by atoms with E-state index in [1.54, 1.807) is 25.2 Å². The predicted octanol–water partition coefficient (Wildman–Crippen LogP) is 2.49. The lowest BCUT2D eigenvalue weighted by molar-refractivity contribution is 0.593. The molecule has 0 aliphatic carbocycles. The van der Waals surface area contributed by atoms with Crippen LogP contribution >= 0.6 is 0 Å². The lowest BCUT2D eigenvalue weighted by Crippen LogP contribution is -2.18. The van der Waals surface area contributed by atoms with E-state index in [1.807, 2.05) is 0 Å². The summed E-state index contributed by atoms with van der Waals surface area (Å²) in [6.07, 6.45) is 0. The molecule has 112 valence electrons. The van der Waals surface area contributed by atoms with E-state index in [9.17, 15) is 17.2 Å². The number of benzene rings is 2. The molecule has 2 N–H and O–H groups in total. The molecule has 7 heteroatoms. The molecule has 0 saturated carbocycles. The summed E-state index contributed by atoms with van der Waals surface area (Å²) >= 11 is 0. The summed E-state index contributed by atoms with van der Waals surface area (Å²) in [7, 11) is -2.32. The predicted molar refractivity (Wildman–Crippen MR) is 76.4 cm³/mol. The summed E-state index contributed by atoms with van der Waals surface area (Å²) in [6, 6.07) is 8.91. The number of hydrogen-bond donors (Lipinski definition) is 2. The third-order valence-corrected chi connectivity index (χ3v) is 4.27. The molecule has 0 aliphatic rings. The number of halogens is 2. The number of nitrogens with one attached hydrogen (secondary N) is 2. The molecule has 2 aromatic carbocycles. The van der Waals surface area contributed by atoms with Gasteiger partial charge in [-0.1, -0.05) is 18.2 Å². The van der Waals surface area contributed by atoms with Gasteiger partial charge in [-0.25, -0.2) is 17.2 Å². The maximum absolute atomic E-state index is 13.6. The van der Waals surface area contributed by atoms with E-state index in [4.69, 9.17) is 0 Å². The van der Waals surface area contributed by atoms with E-state index in [-0.39, 0.29) is 4.90 Å². The van der Waals surface area contributed by atoms with Crippen molar-refractivity contribution in [3.8, 4) is 0 Å². The van der Waals surface area contributed by atoms with Crippen LogP contribution in [0.1, 0.15) is 5.56 Å². The van der Waals surface area contributed by atoms with Gasteiger partial charge in [-0.3, -0.25) is 4.72 Å². The Balaban J connectivity index is 2.41. The van der Waals surface area contributed by atoms with Gasteiger partial charge in [0.1, 0.15) is 11.6 Å². The summed E-state index contributed by atoms with van der Waals surface area (Å²) in [4.78, 5) is 0.0167. The SMILES string of the molecule is CNCc1ccccc1S(=O)(=O)Nc1cc(F)ccc1F. The highest BCUT2D eigenvalue weighted by atomic mass is 32.2. The smallest absolute Gasteiger partial charge is 0.262 e. The van der Waals surface area contributed by atoms with Gasteiger partial charge in [-0.15, -0.1) is 0 Å². The van der Waals surface area contributed by atoms with Crippen LogP contribution in [0.3, 0.4) is 0 Å². The van der Waals surface area contributed by atoms with Gasteiger partial charge in [-0.05, 0) is 30.8 Å². The summed E-state index contributed by atoms with van der Waals surface area (Å²) < 4.78 is 53.4. The number of hydrogen-bond acceptors (Lipinski definition) is 3. The van der Waals surface area contributed by atoms with Crippen molar-refractivity contribution < 1.29 is 17.2 Å². The first-order chi connectivity index (χ1) is 9.94. The molecule has 0 radical (unpaired) electrons. The molecule has 4 nitrogen and oxygen atoms in total. The highest BCUT2D eigenvalue weighted by molar-refractivity contribution is 7.92. The monoisotopic (exact) mass is 312 g/mol. The number of sulfonamides is 1. The Kier molecular flexibility index (Phi) is 4.54. The van der Waals surface area contributed by atoms with Crippen molar-refractivity contribution in [3.63, 3.8) is 0 Å². The van der Waals surface area contributed by atoms with Gasteiger partial charge in [0.05, 0.1) is 10.6 Å².